The number of rotatable bonds is 3. The lowest BCUT2D eigenvalue weighted by Gasteiger charge is -2.04. The second kappa shape index (κ2) is 4.26. The van der Waals surface area contributed by atoms with Gasteiger partial charge in [-0.3, -0.25) is 10.1 Å². The maximum Gasteiger partial charge on any atom is 0.288 e. The molecule has 0 aromatic heterocycles. The molecule has 0 unspecified atom stereocenters. The van der Waals surface area contributed by atoms with Gasteiger partial charge in [0.15, 0.2) is 0 Å². The van der Waals surface area contributed by atoms with E-state index in [-0.39, 0.29) is 23.7 Å². The summed E-state index contributed by atoms with van der Waals surface area (Å²) in [5, 5.41) is 19.2. The number of benzene rings is 1. The van der Waals surface area contributed by atoms with Gasteiger partial charge in [0.1, 0.15) is 5.02 Å². The Bertz CT molecular complexity index is 368. The fourth-order valence-electron chi connectivity index (χ4n) is 1.10. The van der Waals surface area contributed by atoms with E-state index in [1.807, 2.05) is 0 Å². The Balaban J connectivity index is 3.20. The Morgan fingerprint density at radius 1 is 1.57 bits per heavy atom. The van der Waals surface area contributed by atoms with Gasteiger partial charge in [0.2, 0.25) is 0 Å². The lowest BCUT2D eigenvalue weighted by Crippen LogP contribution is -2.00. The first-order valence-electron chi connectivity index (χ1n) is 3.89. The number of nitro groups is 1. The summed E-state index contributed by atoms with van der Waals surface area (Å²) in [6.45, 7) is -0.108. The summed E-state index contributed by atoms with van der Waals surface area (Å²) in [7, 11) is 0. The fourth-order valence-corrected chi connectivity index (χ4v) is 1.34. The highest BCUT2D eigenvalue weighted by atomic mass is 35.5. The van der Waals surface area contributed by atoms with Crippen LogP contribution in [0.15, 0.2) is 12.1 Å². The van der Waals surface area contributed by atoms with Crippen LogP contribution < -0.4 is 5.73 Å². The van der Waals surface area contributed by atoms with E-state index >= 15 is 0 Å². The van der Waals surface area contributed by atoms with Crippen LogP contribution in [0.5, 0.6) is 0 Å². The number of nitro benzene ring substituents is 1. The average molecular weight is 217 g/mol. The Morgan fingerprint density at radius 2 is 2.21 bits per heavy atom. The maximum atomic E-state index is 10.5. The Morgan fingerprint density at radius 3 is 2.71 bits per heavy atom. The number of aliphatic hydroxyl groups is 1. The molecule has 1 aromatic rings. The van der Waals surface area contributed by atoms with Crippen LogP contribution in [0, 0.1) is 10.1 Å². The molecule has 0 amide bonds. The lowest BCUT2D eigenvalue weighted by molar-refractivity contribution is -0.384. The molecule has 1 rings (SSSR count). The van der Waals surface area contributed by atoms with E-state index in [1.54, 1.807) is 0 Å². The van der Waals surface area contributed by atoms with Gasteiger partial charge in [-0.15, -0.1) is 0 Å². The van der Waals surface area contributed by atoms with Crippen LogP contribution in [0.25, 0.3) is 0 Å². The van der Waals surface area contributed by atoms with Crippen molar-refractivity contribution in [3.63, 3.8) is 0 Å². The first kappa shape index (κ1) is 10.7. The van der Waals surface area contributed by atoms with E-state index < -0.39 is 4.92 Å². The van der Waals surface area contributed by atoms with Gasteiger partial charge in [0.25, 0.3) is 5.69 Å². The fraction of sp³-hybridized carbons (Fsp3) is 0.250. The summed E-state index contributed by atoms with van der Waals surface area (Å²) in [6.07, 6.45) is 0.282. The normalized spacial score (nSPS) is 10.1. The molecule has 0 aliphatic heterocycles. The van der Waals surface area contributed by atoms with Crippen LogP contribution in [-0.4, -0.2) is 16.6 Å². The van der Waals surface area contributed by atoms with Gasteiger partial charge in [-0.2, -0.15) is 0 Å². The van der Waals surface area contributed by atoms with E-state index in [0.29, 0.717) is 11.3 Å². The quantitative estimate of drug-likeness (QED) is 0.454. The van der Waals surface area contributed by atoms with Crippen LogP contribution >= 0.6 is 11.6 Å². The molecule has 0 saturated heterocycles. The van der Waals surface area contributed by atoms with Gasteiger partial charge < -0.3 is 10.8 Å². The van der Waals surface area contributed by atoms with Crippen molar-refractivity contribution in [3.05, 3.63) is 32.8 Å². The molecule has 76 valence electrons. The molecule has 1 aromatic carbocycles. The predicted octanol–water partition coefficient (Wildman–Crippen LogP) is 1.37. The van der Waals surface area contributed by atoms with E-state index in [1.165, 1.54) is 12.1 Å². The molecule has 5 nitrogen and oxygen atoms in total. The molecule has 0 fully saturated rings. The molecule has 0 saturated carbocycles. The first-order valence-corrected chi connectivity index (χ1v) is 4.27. The highest BCUT2D eigenvalue weighted by molar-refractivity contribution is 6.33. The number of anilines is 1. The smallest absolute Gasteiger partial charge is 0.288 e. The minimum Gasteiger partial charge on any atom is -0.398 e. The zero-order valence-corrected chi connectivity index (χ0v) is 7.99. The minimum absolute atomic E-state index is 0.00851. The number of aliphatic hydroxyl groups excluding tert-OH is 1. The topological polar surface area (TPSA) is 89.4 Å². The molecule has 0 spiro atoms. The third-order valence-corrected chi connectivity index (χ3v) is 2.09. The van der Waals surface area contributed by atoms with Crippen molar-refractivity contribution in [3.8, 4) is 0 Å². The van der Waals surface area contributed by atoms with Crippen molar-refractivity contribution in [2.24, 2.45) is 0 Å². The van der Waals surface area contributed by atoms with E-state index in [9.17, 15) is 10.1 Å². The number of nitrogens with two attached hydrogens (primary N) is 1. The standard InChI is InChI=1S/C8H9ClN2O3/c9-6-4-7(10)5(1-2-12)3-8(6)11(13)14/h3-4,12H,1-2,10H2. The Kier molecular flexibility index (Phi) is 3.27. The van der Waals surface area contributed by atoms with Gasteiger partial charge in [-0.1, -0.05) is 11.6 Å². The zero-order chi connectivity index (χ0) is 10.7. The van der Waals surface area contributed by atoms with Crippen LogP contribution in [0.1, 0.15) is 5.56 Å². The second-order valence-corrected chi connectivity index (χ2v) is 3.14. The highest BCUT2D eigenvalue weighted by Gasteiger charge is 2.15. The Hall–Kier alpha value is -1.33. The third kappa shape index (κ3) is 2.12. The summed E-state index contributed by atoms with van der Waals surface area (Å²) in [6, 6.07) is 2.61. The van der Waals surface area contributed by atoms with Crippen molar-refractivity contribution in [2.45, 2.75) is 6.42 Å². The molecule has 0 bridgehead atoms. The van der Waals surface area contributed by atoms with Gasteiger partial charge in [-0.05, 0) is 18.1 Å². The van der Waals surface area contributed by atoms with Gasteiger partial charge >= 0.3 is 0 Å². The van der Waals surface area contributed by atoms with Crippen molar-refractivity contribution < 1.29 is 10.0 Å². The molecule has 6 heteroatoms. The van der Waals surface area contributed by atoms with Crippen molar-refractivity contribution in [1.82, 2.24) is 0 Å². The van der Waals surface area contributed by atoms with Gasteiger partial charge in [-0.25, -0.2) is 0 Å². The average Bonchev–Trinajstić information content (AvgIpc) is 2.09. The predicted molar refractivity (Wildman–Crippen MR) is 53.3 cm³/mol. The van der Waals surface area contributed by atoms with Crippen molar-refractivity contribution in [2.75, 3.05) is 12.3 Å². The van der Waals surface area contributed by atoms with E-state index in [4.69, 9.17) is 22.4 Å². The molecule has 0 heterocycles. The Labute approximate surface area is 85.3 Å². The molecule has 3 N–H and O–H groups in total. The van der Waals surface area contributed by atoms with Crippen LogP contribution in [-0.2, 0) is 6.42 Å². The lowest BCUT2D eigenvalue weighted by atomic mass is 10.1. The van der Waals surface area contributed by atoms with E-state index in [2.05, 4.69) is 0 Å². The van der Waals surface area contributed by atoms with Crippen LogP contribution in [0.4, 0.5) is 11.4 Å². The highest BCUT2D eigenvalue weighted by Crippen LogP contribution is 2.29. The summed E-state index contributed by atoms with van der Waals surface area (Å²) >= 11 is 5.61. The second-order valence-electron chi connectivity index (χ2n) is 2.73. The van der Waals surface area contributed by atoms with Gasteiger partial charge in [0.05, 0.1) is 4.92 Å². The zero-order valence-electron chi connectivity index (χ0n) is 7.24. The van der Waals surface area contributed by atoms with Crippen molar-refractivity contribution >= 4 is 23.0 Å². The first-order chi connectivity index (χ1) is 6.56. The number of hydrogen-bond acceptors (Lipinski definition) is 4. The monoisotopic (exact) mass is 216 g/mol. The summed E-state index contributed by atoms with van der Waals surface area (Å²) in [5.41, 5.74) is 6.26. The number of hydrogen-bond donors (Lipinski definition) is 2. The molecule has 0 atom stereocenters. The number of halogens is 1. The summed E-state index contributed by atoms with van der Waals surface area (Å²) in [4.78, 5) is 9.93. The van der Waals surface area contributed by atoms with Crippen LogP contribution in [0.3, 0.4) is 0 Å². The van der Waals surface area contributed by atoms with Gasteiger partial charge in [0, 0.05) is 18.4 Å². The largest absolute Gasteiger partial charge is 0.398 e. The molecule has 14 heavy (non-hydrogen) atoms. The molecule has 0 aliphatic rings. The summed E-state index contributed by atoms with van der Waals surface area (Å²) in [5.74, 6) is 0. The number of nitrogens with zero attached hydrogens (tertiary/aromatic N) is 1. The molecule has 0 aliphatic carbocycles. The van der Waals surface area contributed by atoms with Crippen molar-refractivity contribution in [1.29, 1.82) is 0 Å². The maximum absolute atomic E-state index is 10.5. The number of nitrogen functional groups attached to an aromatic ring is 1. The SMILES string of the molecule is Nc1cc(Cl)c([N+](=O)[O-])cc1CCO. The minimum atomic E-state index is -0.581. The summed E-state index contributed by atoms with van der Waals surface area (Å²) < 4.78 is 0. The third-order valence-electron chi connectivity index (χ3n) is 1.79. The molecular weight excluding hydrogens is 208 g/mol. The molecular formula is C8H9ClN2O3. The molecule has 0 radical (unpaired) electrons. The van der Waals surface area contributed by atoms with E-state index in [0.717, 1.165) is 0 Å². The van der Waals surface area contributed by atoms with Crippen LogP contribution in [0.2, 0.25) is 5.02 Å².